The SMILES string of the molecule is CCC(C)C(C(=O)Nc1ccc(F)cc1)N1C(=O)c2ccccc2C1c1c(-c2ccc(C)cc2)[nH]c2ccccc12. The largest absolute Gasteiger partial charge is 0.354 e. The number of amides is 2. The van der Waals surface area contributed by atoms with Crippen LogP contribution in [0.25, 0.3) is 22.2 Å². The molecule has 0 bridgehead atoms. The summed E-state index contributed by atoms with van der Waals surface area (Å²) in [6.07, 6.45) is 0.688. The lowest BCUT2D eigenvalue weighted by molar-refractivity contribution is -0.122. The van der Waals surface area contributed by atoms with Crippen LogP contribution in [-0.4, -0.2) is 27.7 Å². The predicted molar refractivity (Wildman–Crippen MR) is 161 cm³/mol. The Hall–Kier alpha value is -4.71. The standard InChI is InChI=1S/C35H32FN3O2/c1-4-22(3)32(34(40)37-25-19-17-24(36)18-20-25)39-33(26-9-5-6-10-27(26)35(39)41)30-28-11-7-8-12-29(28)38-31(30)23-15-13-21(2)14-16-23/h5-20,22,32-33,38H,4H2,1-3H3,(H,37,40). The third-order valence-corrected chi connectivity index (χ3v) is 8.22. The van der Waals surface area contributed by atoms with E-state index in [0.717, 1.165) is 38.9 Å². The molecule has 4 aromatic carbocycles. The summed E-state index contributed by atoms with van der Waals surface area (Å²) in [5.74, 6) is -1.00. The van der Waals surface area contributed by atoms with Gasteiger partial charge in [-0.15, -0.1) is 0 Å². The van der Waals surface area contributed by atoms with E-state index in [1.54, 1.807) is 4.90 Å². The van der Waals surface area contributed by atoms with Gasteiger partial charge in [-0.05, 0) is 60.4 Å². The molecule has 1 aliphatic rings. The van der Waals surface area contributed by atoms with E-state index in [4.69, 9.17) is 0 Å². The lowest BCUT2D eigenvalue weighted by Crippen LogP contribution is -2.50. The molecule has 0 spiro atoms. The quantitative estimate of drug-likeness (QED) is 0.218. The molecule has 0 saturated heterocycles. The third-order valence-electron chi connectivity index (χ3n) is 8.22. The number of carbonyl (C=O) groups is 2. The molecule has 1 aliphatic heterocycles. The zero-order valence-electron chi connectivity index (χ0n) is 23.3. The molecule has 0 fully saturated rings. The number of para-hydroxylation sites is 1. The minimum absolute atomic E-state index is 0.149. The molecular formula is C35H32FN3O2. The first-order chi connectivity index (χ1) is 19.9. The first-order valence-electron chi connectivity index (χ1n) is 14.0. The predicted octanol–water partition coefficient (Wildman–Crippen LogP) is 7.88. The summed E-state index contributed by atoms with van der Waals surface area (Å²) >= 11 is 0. The molecule has 3 atom stereocenters. The van der Waals surface area contributed by atoms with Gasteiger partial charge in [0.25, 0.3) is 5.91 Å². The first kappa shape index (κ1) is 26.5. The number of nitrogens with one attached hydrogen (secondary N) is 2. The number of anilines is 1. The fourth-order valence-corrected chi connectivity index (χ4v) is 5.95. The van der Waals surface area contributed by atoms with E-state index in [9.17, 15) is 14.0 Å². The number of benzene rings is 4. The second-order valence-electron chi connectivity index (χ2n) is 10.9. The first-order valence-corrected chi connectivity index (χ1v) is 14.0. The summed E-state index contributed by atoms with van der Waals surface area (Å²) in [7, 11) is 0. The van der Waals surface area contributed by atoms with Crippen molar-refractivity contribution in [2.24, 2.45) is 5.92 Å². The number of nitrogens with zero attached hydrogens (tertiary/aromatic N) is 1. The van der Waals surface area contributed by atoms with Crippen LogP contribution in [0.2, 0.25) is 0 Å². The molecule has 1 aromatic heterocycles. The molecule has 5 nitrogen and oxygen atoms in total. The Morgan fingerprint density at radius 2 is 1.63 bits per heavy atom. The Morgan fingerprint density at radius 1 is 0.951 bits per heavy atom. The van der Waals surface area contributed by atoms with Crippen molar-refractivity contribution in [1.29, 1.82) is 0 Å². The van der Waals surface area contributed by atoms with Crippen LogP contribution in [0.15, 0.2) is 97.1 Å². The minimum atomic E-state index is -0.769. The summed E-state index contributed by atoms with van der Waals surface area (Å²) in [6.45, 7) is 6.08. The minimum Gasteiger partial charge on any atom is -0.354 e. The van der Waals surface area contributed by atoms with Gasteiger partial charge in [-0.1, -0.05) is 86.5 Å². The van der Waals surface area contributed by atoms with Crippen molar-refractivity contribution in [3.8, 4) is 11.3 Å². The number of aryl methyl sites for hydroxylation is 1. The monoisotopic (exact) mass is 545 g/mol. The maximum absolute atomic E-state index is 14.3. The highest BCUT2D eigenvalue weighted by atomic mass is 19.1. The lowest BCUT2D eigenvalue weighted by Gasteiger charge is -2.36. The van der Waals surface area contributed by atoms with Crippen molar-refractivity contribution < 1.29 is 14.0 Å². The second kappa shape index (κ2) is 10.7. The summed E-state index contributed by atoms with van der Waals surface area (Å²) in [5, 5.41) is 3.96. The number of rotatable bonds is 7. The number of fused-ring (bicyclic) bond motifs is 2. The van der Waals surface area contributed by atoms with E-state index in [2.05, 4.69) is 47.6 Å². The van der Waals surface area contributed by atoms with Gasteiger partial charge in [-0.25, -0.2) is 4.39 Å². The van der Waals surface area contributed by atoms with Crippen LogP contribution in [0.1, 0.15) is 53.4 Å². The summed E-state index contributed by atoms with van der Waals surface area (Å²) in [6, 6.07) is 28.5. The van der Waals surface area contributed by atoms with Gasteiger partial charge in [-0.2, -0.15) is 0 Å². The molecule has 6 rings (SSSR count). The van der Waals surface area contributed by atoms with E-state index in [1.807, 2.05) is 56.3 Å². The maximum Gasteiger partial charge on any atom is 0.255 e. The van der Waals surface area contributed by atoms with Crippen molar-refractivity contribution in [3.05, 3.63) is 125 Å². The Bertz CT molecular complexity index is 1740. The fourth-order valence-electron chi connectivity index (χ4n) is 5.95. The highest BCUT2D eigenvalue weighted by Crippen LogP contribution is 2.47. The normalized spacial score (nSPS) is 16.0. The molecule has 41 heavy (non-hydrogen) atoms. The number of H-pyrrole nitrogens is 1. The Kier molecular flexibility index (Phi) is 6.91. The average molecular weight is 546 g/mol. The number of aromatic amines is 1. The van der Waals surface area contributed by atoms with Crippen LogP contribution in [0.3, 0.4) is 0 Å². The van der Waals surface area contributed by atoms with Crippen molar-refractivity contribution in [3.63, 3.8) is 0 Å². The second-order valence-corrected chi connectivity index (χ2v) is 10.9. The summed E-state index contributed by atoms with van der Waals surface area (Å²) in [4.78, 5) is 33.7. The van der Waals surface area contributed by atoms with Gasteiger partial charge < -0.3 is 15.2 Å². The van der Waals surface area contributed by atoms with E-state index < -0.39 is 12.1 Å². The van der Waals surface area contributed by atoms with Crippen molar-refractivity contribution in [2.75, 3.05) is 5.32 Å². The van der Waals surface area contributed by atoms with Gasteiger partial charge in [0.15, 0.2) is 0 Å². The van der Waals surface area contributed by atoms with Gasteiger partial charge in [0.2, 0.25) is 5.91 Å². The van der Waals surface area contributed by atoms with Crippen molar-refractivity contribution in [2.45, 2.75) is 39.3 Å². The van der Waals surface area contributed by atoms with Crippen LogP contribution >= 0.6 is 0 Å². The number of hydrogen-bond donors (Lipinski definition) is 2. The number of carbonyl (C=O) groups excluding carboxylic acids is 2. The van der Waals surface area contributed by atoms with Crippen LogP contribution in [0.5, 0.6) is 0 Å². The number of hydrogen-bond acceptors (Lipinski definition) is 2. The molecule has 0 saturated carbocycles. The topological polar surface area (TPSA) is 65.2 Å². The van der Waals surface area contributed by atoms with Crippen LogP contribution in [-0.2, 0) is 4.79 Å². The maximum atomic E-state index is 14.3. The molecular weight excluding hydrogens is 513 g/mol. The molecule has 5 aromatic rings. The van der Waals surface area contributed by atoms with E-state index in [1.165, 1.54) is 24.3 Å². The molecule has 2 N–H and O–H groups in total. The molecule has 3 unspecified atom stereocenters. The zero-order chi connectivity index (χ0) is 28.7. The highest BCUT2D eigenvalue weighted by molar-refractivity contribution is 6.06. The third kappa shape index (κ3) is 4.69. The summed E-state index contributed by atoms with van der Waals surface area (Å²) < 4.78 is 13.6. The smallest absolute Gasteiger partial charge is 0.255 e. The average Bonchev–Trinajstić information content (AvgIpc) is 3.50. The van der Waals surface area contributed by atoms with Crippen LogP contribution < -0.4 is 5.32 Å². The lowest BCUT2D eigenvalue weighted by atomic mass is 9.90. The van der Waals surface area contributed by atoms with Gasteiger partial charge in [-0.3, -0.25) is 9.59 Å². The van der Waals surface area contributed by atoms with Crippen molar-refractivity contribution >= 4 is 28.4 Å². The Morgan fingerprint density at radius 3 is 2.37 bits per heavy atom. The molecule has 0 radical (unpaired) electrons. The molecule has 206 valence electrons. The fraction of sp³-hybridized carbons (Fsp3) is 0.200. The van der Waals surface area contributed by atoms with Gasteiger partial charge in [0.1, 0.15) is 11.9 Å². The summed E-state index contributed by atoms with van der Waals surface area (Å²) in [5.41, 5.74) is 6.97. The van der Waals surface area contributed by atoms with Gasteiger partial charge in [0.05, 0.1) is 11.7 Å². The molecule has 0 aliphatic carbocycles. The number of aromatic nitrogens is 1. The van der Waals surface area contributed by atoms with Crippen LogP contribution in [0.4, 0.5) is 10.1 Å². The van der Waals surface area contributed by atoms with Gasteiger partial charge >= 0.3 is 0 Å². The van der Waals surface area contributed by atoms with Gasteiger partial charge in [0, 0.05) is 27.7 Å². The molecule has 2 heterocycles. The Labute approximate surface area is 239 Å². The molecule has 6 heteroatoms. The van der Waals surface area contributed by atoms with Crippen molar-refractivity contribution in [1.82, 2.24) is 9.88 Å². The van der Waals surface area contributed by atoms with E-state index in [0.29, 0.717) is 17.7 Å². The Balaban J connectivity index is 1.55. The molecule has 2 amide bonds. The van der Waals surface area contributed by atoms with Crippen LogP contribution in [0, 0.1) is 18.7 Å². The van der Waals surface area contributed by atoms with E-state index >= 15 is 0 Å². The van der Waals surface area contributed by atoms with E-state index in [-0.39, 0.29) is 23.5 Å². The number of halogens is 1. The zero-order valence-corrected chi connectivity index (χ0v) is 23.3. The highest BCUT2D eigenvalue weighted by Gasteiger charge is 2.47.